The summed E-state index contributed by atoms with van der Waals surface area (Å²) < 4.78 is 10.1. The molecule has 0 aliphatic carbocycles. The molecule has 0 saturated carbocycles. The monoisotopic (exact) mass is 298 g/mol. The van der Waals surface area contributed by atoms with Crippen molar-refractivity contribution in [3.05, 3.63) is 29.0 Å². The fourth-order valence-corrected chi connectivity index (χ4v) is 1.72. The second-order valence-corrected chi connectivity index (χ2v) is 5.89. The molecular formula is C11H14AlClN3O3. The van der Waals surface area contributed by atoms with Crippen molar-refractivity contribution >= 4 is 39.3 Å². The SMILES string of the molecule is CC(C)(C)OC(=O)[NH][Al][NH]C(=O)c1ccc(Cl)nc1. The van der Waals surface area contributed by atoms with Gasteiger partial charge in [-0.3, -0.25) is 4.79 Å². The lowest BCUT2D eigenvalue weighted by Gasteiger charge is -2.19. The molecule has 0 aliphatic heterocycles. The Morgan fingerprint density at radius 1 is 1.32 bits per heavy atom. The van der Waals surface area contributed by atoms with E-state index in [9.17, 15) is 9.59 Å². The fourth-order valence-electron chi connectivity index (χ4n) is 1.06. The molecule has 0 aliphatic rings. The summed E-state index contributed by atoms with van der Waals surface area (Å²) >= 11 is 4.83. The van der Waals surface area contributed by atoms with Crippen LogP contribution in [0.3, 0.4) is 0 Å². The van der Waals surface area contributed by atoms with Gasteiger partial charge in [-0.05, 0) is 32.9 Å². The van der Waals surface area contributed by atoms with Crippen LogP contribution in [-0.2, 0) is 4.74 Å². The highest BCUT2D eigenvalue weighted by atomic mass is 35.5. The van der Waals surface area contributed by atoms with Crippen molar-refractivity contribution in [2.45, 2.75) is 26.4 Å². The van der Waals surface area contributed by atoms with E-state index >= 15 is 0 Å². The summed E-state index contributed by atoms with van der Waals surface area (Å²) in [4.78, 5) is 26.8. The number of ether oxygens (including phenoxy) is 1. The first-order valence-corrected chi connectivity index (χ1v) is 7.05. The molecule has 6 nitrogen and oxygen atoms in total. The van der Waals surface area contributed by atoms with E-state index in [-0.39, 0.29) is 5.91 Å². The van der Waals surface area contributed by atoms with Crippen LogP contribution in [0.25, 0.3) is 0 Å². The third kappa shape index (κ3) is 6.43. The third-order valence-corrected chi connectivity index (χ3v) is 2.79. The highest BCUT2D eigenvalue weighted by molar-refractivity contribution is 6.39. The standard InChI is InChI=1S/C6H5ClN2O.C5H11NO2.Al/c7-5-2-1-4(3-9-5)6(8)10;1-5(2,3)8-4(6)7;/h1-3H,(H2,8,10);1-3H3,(H2,6,7);/q;;+2/p-2. The molecule has 1 aromatic heterocycles. The molecular weight excluding hydrogens is 285 g/mol. The van der Waals surface area contributed by atoms with Gasteiger partial charge in [0.15, 0.2) is 0 Å². The highest BCUT2D eigenvalue weighted by Crippen LogP contribution is 2.06. The smallest absolute Gasteiger partial charge is 0.445 e. The van der Waals surface area contributed by atoms with E-state index in [4.69, 9.17) is 16.3 Å². The Balaban J connectivity index is 2.35. The van der Waals surface area contributed by atoms with Crippen molar-refractivity contribution in [2.24, 2.45) is 0 Å². The van der Waals surface area contributed by atoms with E-state index < -0.39 is 27.4 Å². The van der Waals surface area contributed by atoms with E-state index in [1.807, 2.05) is 0 Å². The van der Waals surface area contributed by atoms with E-state index in [1.165, 1.54) is 12.3 Å². The second-order valence-electron chi connectivity index (χ2n) is 4.63. The summed E-state index contributed by atoms with van der Waals surface area (Å²) in [5.74, 6) is -0.324. The number of carbonyl (C=O) groups is 2. The second kappa shape index (κ2) is 6.76. The zero-order valence-electron chi connectivity index (χ0n) is 10.9. The van der Waals surface area contributed by atoms with Crippen LogP contribution in [0.15, 0.2) is 18.3 Å². The largest absolute Gasteiger partial charge is 0.555 e. The van der Waals surface area contributed by atoms with Crippen LogP contribution in [0, 0.1) is 0 Å². The Morgan fingerprint density at radius 3 is 2.53 bits per heavy atom. The normalized spacial score (nSPS) is 10.5. The number of hydrogen-bond acceptors (Lipinski definition) is 4. The molecule has 0 saturated heterocycles. The number of nitrogens with one attached hydrogen (secondary N) is 2. The van der Waals surface area contributed by atoms with E-state index in [1.54, 1.807) is 26.8 Å². The Kier molecular flexibility index (Phi) is 5.61. The number of amides is 2. The molecule has 101 valence electrons. The van der Waals surface area contributed by atoms with Crippen molar-refractivity contribution in [3.8, 4) is 0 Å². The van der Waals surface area contributed by atoms with Crippen LogP contribution in [0.1, 0.15) is 31.1 Å². The van der Waals surface area contributed by atoms with Crippen LogP contribution < -0.4 is 8.60 Å². The minimum atomic E-state index is -0.787. The molecule has 2 N–H and O–H groups in total. The molecule has 1 aromatic rings. The summed E-state index contributed by atoms with van der Waals surface area (Å²) in [6, 6.07) is 3.07. The average molecular weight is 299 g/mol. The number of carbonyl (C=O) groups excluding carboxylic acids is 2. The quantitative estimate of drug-likeness (QED) is 0.655. The maximum atomic E-state index is 11.7. The average Bonchev–Trinajstić information content (AvgIpc) is 2.27. The number of pyridine rings is 1. The van der Waals surface area contributed by atoms with E-state index in [0.29, 0.717) is 10.7 Å². The number of rotatable bonds is 3. The van der Waals surface area contributed by atoms with Crippen molar-refractivity contribution in [3.63, 3.8) is 0 Å². The molecule has 0 atom stereocenters. The first kappa shape index (κ1) is 15.8. The molecule has 1 rings (SSSR count). The molecule has 1 radical (unpaired) electrons. The Morgan fingerprint density at radius 2 is 2.00 bits per heavy atom. The lowest BCUT2D eigenvalue weighted by atomic mass is 10.2. The summed E-state index contributed by atoms with van der Waals surface area (Å²) in [5, 5.41) is 0.316. The van der Waals surface area contributed by atoms with Gasteiger partial charge in [-0.1, -0.05) is 11.6 Å². The lowest BCUT2D eigenvalue weighted by Crippen LogP contribution is -2.43. The van der Waals surface area contributed by atoms with Gasteiger partial charge in [-0.25, -0.2) is 9.78 Å². The number of aromatic nitrogens is 1. The van der Waals surface area contributed by atoms with Crippen LogP contribution >= 0.6 is 11.6 Å². The van der Waals surface area contributed by atoms with Crippen molar-refractivity contribution in [1.82, 2.24) is 13.6 Å². The molecule has 1 heterocycles. The Labute approximate surface area is 123 Å². The van der Waals surface area contributed by atoms with Crippen LogP contribution in [0.4, 0.5) is 4.79 Å². The predicted molar refractivity (Wildman–Crippen MR) is 71.8 cm³/mol. The zero-order chi connectivity index (χ0) is 14.5. The number of halogens is 1. The van der Waals surface area contributed by atoms with Gasteiger partial charge in [0.05, 0.1) is 5.56 Å². The Bertz CT molecular complexity index is 459. The summed E-state index contributed by atoms with van der Waals surface area (Å²) in [6.07, 6.45) is 0.807. The van der Waals surface area contributed by atoms with Crippen molar-refractivity contribution < 1.29 is 14.3 Å². The van der Waals surface area contributed by atoms with Gasteiger partial charge in [-0.15, -0.1) is 0 Å². The van der Waals surface area contributed by atoms with Gasteiger partial charge in [-0.2, -0.15) is 0 Å². The van der Waals surface area contributed by atoms with Crippen LogP contribution in [-0.4, -0.2) is 38.2 Å². The number of nitrogens with zero attached hydrogens (tertiary/aromatic N) is 1. The molecule has 19 heavy (non-hydrogen) atoms. The molecule has 0 spiro atoms. The van der Waals surface area contributed by atoms with Gasteiger partial charge in [0.25, 0.3) is 0 Å². The van der Waals surface area contributed by atoms with E-state index in [0.717, 1.165) is 0 Å². The predicted octanol–water partition coefficient (Wildman–Crippen LogP) is 1.52. The molecule has 0 unspecified atom stereocenters. The fraction of sp³-hybridized carbons (Fsp3) is 0.364. The van der Waals surface area contributed by atoms with Gasteiger partial charge < -0.3 is 13.3 Å². The molecule has 0 aromatic carbocycles. The van der Waals surface area contributed by atoms with Gasteiger partial charge in [0.1, 0.15) is 10.8 Å². The highest BCUT2D eigenvalue weighted by Gasteiger charge is 2.16. The maximum absolute atomic E-state index is 11.7. The summed E-state index contributed by atoms with van der Waals surface area (Å²) in [6.45, 7) is 5.29. The molecule has 2 amide bonds. The Hall–Kier alpha value is -1.29. The molecule has 8 heteroatoms. The van der Waals surface area contributed by atoms with Crippen molar-refractivity contribution in [1.29, 1.82) is 0 Å². The topological polar surface area (TPSA) is 80.3 Å². The molecule has 0 fully saturated rings. The summed E-state index contributed by atoms with van der Waals surface area (Å²) in [5.41, 5.74) is -0.184. The minimum Gasteiger partial charge on any atom is -0.445 e. The van der Waals surface area contributed by atoms with E-state index in [2.05, 4.69) is 13.6 Å². The minimum absolute atomic E-state index is 0.316. The summed E-state index contributed by atoms with van der Waals surface area (Å²) in [7, 11) is 0. The lowest BCUT2D eigenvalue weighted by molar-refractivity contribution is 0.0568. The van der Waals surface area contributed by atoms with Gasteiger partial charge in [0, 0.05) is 6.20 Å². The first-order valence-electron chi connectivity index (χ1n) is 5.51. The van der Waals surface area contributed by atoms with Crippen LogP contribution in [0.5, 0.6) is 0 Å². The van der Waals surface area contributed by atoms with Gasteiger partial charge >= 0.3 is 21.8 Å². The van der Waals surface area contributed by atoms with Crippen molar-refractivity contribution in [2.75, 3.05) is 0 Å². The van der Waals surface area contributed by atoms with Gasteiger partial charge in [0.2, 0.25) is 5.91 Å². The maximum Gasteiger partial charge on any atom is 0.555 e. The number of hydrogen-bond donors (Lipinski definition) is 2. The molecule has 0 bridgehead atoms. The third-order valence-electron chi connectivity index (χ3n) is 1.78. The zero-order valence-corrected chi connectivity index (χ0v) is 12.8. The van der Waals surface area contributed by atoms with Crippen LogP contribution in [0.2, 0.25) is 5.15 Å². The first-order chi connectivity index (χ1) is 8.78.